The Balaban J connectivity index is 2.57. The second kappa shape index (κ2) is 7.47. The lowest BCUT2D eigenvalue weighted by Crippen LogP contribution is -2.31. The highest BCUT2D eigenvalue weighted by Crippen LogP contribution is 2.32. The molecule has 0 bridgehead atoms. The van der Waals surface area contributed by atoms with Gasteiger partial charge >= 0.3 is 0 Å². The summed E-state index contributed by atoms with van der Waals surface area (Å²) in [6.07, 6.45) is 1.52. The summed E-state index contributed by atoms with van der Waals surface area (Å²) in [5.41, 5.74) is 1.28. The third-order valence-electron chi connectivity index (χ3n) is 3.43. The van der Waals surface area contributed by atoms with E-state index in [-0.39, 0.29) is 16.5 Å². The van der Waals surface area contributed by atoms with Crippen LogP contribution in [0.1, 0.15) is 5.56 Å². The Labute approximate surface area is 152 Å². The fourth-order valence-corrected chi connectivity index (χ4v) is 4.35. The molecule has 0 spiro atoms. The third-order valence-corrected chi connectivity index (χ3v) is 5.74. The van der Waals surface area contributed by atoms with E-state index in [9.17, 15) is 8.42 Å². The summed E-state index contributed by atoms with van der Waals surface area (Å²) in [5, 5.41) is 0.768. The van der Waals surface area contributed by atoms with Crippen LogP contribution in [0.5, 0.6) is 5.75 Å². The standard InChI is InChI=1S/C17H17Cl2NO3S/c1-4-9-20(16-7-5-13(18)10-12(16)2)24(21,22)14-6-8-17(23-3)15(19)11-14/h4-8,10-11H,1,9H2,2-3H3. The maximum absolute atomic E-state index is 13.1. The lowest BCUT2D eigenvalue weighted by Gasteiger charge is -2.25. The maximum Gasteiger partial charge on any atom is 0.264 e. The van der Waals surface area contributed by atoms with E-state index in [1.165, 1.54) is 35.7 Å². The molecule has 0 atom stereocenters. The molecule has 24 heavy (non-hydrogen) atoms. The molecule has 0 radical (unpaired) electrons. The highest BCUT2D eigenvalue weighted by atomic mass is 35.5. The molecule has 2 rings (SSSR count). The minimum atomic E-state index is -3.82. The first kappa shape index (κ1) is 18.6. The normalized spacial score (nSPS) is 11.2. The fraction of sp³-hybridized carbons (Fsp3) is 0.176. The Morgan fingerprint density at radius 2 is 1.92 bits per heavy atom. The van der Waals surface area contributed by atoms with E-state index in [0.29, 0.717) is 16.5 Å². The van der Waals surface area contributed by atoms with Crippen molar-refractivity contribution in [3.8, 4) is 5.75 Å². The maximum atomic E-state index is 13.1. The van der Waals surface area contributed by atoms with Gasteiger partial charge in [-0.2, -0.15) is 0 Å². The van der Waals surface area contributed by atoms with Gasteiger partial charge in [0, 0.05) is 5.02 Å². The van der Waals surface area contributed by atoms with Gasteiger partial charge in [-0.15, -0.1) is 6.58 Å². The molecule has 0 N–H and O–H groups in total. The molecular weight excluding hydrogens is 369 g/mol. The van der Waals surface area contributed by atoms with Crippen LogP contribution in [0.15, 0.2) is 53.9 Å². The Hall–Kier alpha value is -1.69. The molecule has 0 fully saturated rings. The van der Waals surface area contributed by atoms with E-state index >= 15 is 0 Å². The number of aryl methyl sites for hydroxylation is 1. The van der Waals surface area contributed by atoms with Crippen LogP contribution >= 0.6 is 23.2 Å². The number of hydrogen-bond acceptors (Lipinski definition) is 3. The summed E-state index contributed by atoms with van der Waals surface area (Å²) in [7, 11) is -2.35. The lowest BCUT2D eigenvalue weighted by atomic mass is 10.2. The number of sulfonamides is 1. The van der Waals surface area contributed by atoms with Crippen molar-refractivity contribution < 1.29 is 13.2 Å². The quantitative estimate of drug-likeness (QED) is 0.677. The smallest absolute Gasteiger partial charge is 0.264 e. The van der Waals surface area contributed by atoms with Gasteiger partial charge < -0.3 is 4.74 Å². The van der Waals surface area contributed by atoms with Gasteiger partial charge in [-0.3, -0.25) is 4.31 Å². The van der Waals surface area contributed by atoms with Crippen LogP contribution in [-0.2, 0) is 10.0 Å². The summed E-state index contributed by atoms with van der Waals surface area (Å²) in [4.78, 5) is 0.0736. The molecule has 0 unspecified atom stereocenters. The van der Waals surface area contributed by atoms with Gasteiger partial charge in [-0.05, 0) is 48.9 Å². The van der Waals surface area contributed by atoms with Crippen molar-refractivity contribution in [2.75, 3.05) is 18.0 Å². The molecule has 0 saturated carbocycles. The largest absolute Gasteiger partial charge is 0.495 e. The summed E-state index contributed by atoms with van der Waals surface area (Å²) < 4.78 is 32.4. The van der Waals surface area contributed by atoms with E-state index in [1.807, 2.05) is 0 Å². The minimum absolute atomic E-state index is 0.0736. The topological polar surface area (TPSA) is 46.6 Å². The number of halogens is 2. The molecule has 0 amide bonds. The molecule has 7 heteroatoms. The van der Waals surface area contributed by atoms with E-state index in [0.717, 1.165) is 5.56 Å². The minimum Gasteiger partial charge on any atom is -0.495 e. The van der Waals surface area contributed by atoms with Crippen molar-refractivity contribution in [2.45, 2.75) is 11.8 Å². The van der Waals surface area contributed by atoms with Crippen molar-refractivity contribution in [3.63, 3.8) is 0 Å². The Morgan fingerprint density at radius 1 is 1.21 bits per heavy atom. The predicted octanol–water partition coefficient (Wildman–Crippen LogP) is 4.69. The van der Waals surface area contributed by atoms with Crippen LogP contribution in [0.3, 0.4) is 0 Å². The Bertz CT molecular complexity index is 866. The molecule has 0 heterocycles. The number of hydrogen-bond donors (Lipinski definition) is 0. The monoisotopic (exact) mass is 385 g/mol. The molecule has 2 aromatic rings. The van der Waals surface area contributed by atoms with Crippen molar-refractivity contribution >= 4 is 38.9 Å². The predicted molar refractivity (Wildman–Crippen MR) is 98.9 cm³/mol. The molecule has 0 saturated heterocycles. The van der Waals surface area contributed by atoms with Gasteiger partial charge in [0.1, 0.15) is 5.75 Å². The van der Waals surface area contributed by atoms with Crippen LogP contribution in [0.2, 0.25) is 10.0 Å². The zero-order chi connectivity index (χ0) is 17.9. The van der Waals surface area contributed by atoms with Crippen LogP contribution in [0, 0.1) is 6.92 Å². The highest BCUT2D eigenvalue weighted by molar-refractivity contribution is 7.92. The molecule has 0 aliphatic rings. The third kappa shape index (κ3) is 3.69. The van der Waals surface area contributed by atoms with Gasteiger partial charge in [0.25, 0.3) is 10.0 Å². The van der Waals surface area contributed by atoms with Crippen LogP contribution < -0.4 is 9.04 Å². The Morgan fingerprint density at radius 3 is 2.46 bits per heavy atom. The van der Waals surface area contributed by atoms with E-state index in [4.69, 9.17) is 27.9 Å². The van der Waals surface area contributed by atoms with E-state index < -0.39 is 10.0 Å². The van der Waals surface area contributed by atoms with E-state index in [2.05, 4.69) is 6.58 Å². The highest BCUT2D eigenvalue weighted by Gasteiger charge is 2.26. The summed E-state index contributed by atoms with van der Waals surface area (Å²) in [6, 6.07) is 9.39. The first-order chi connectivity index (χ1) is 11.3. The van der Waals surface area contributed by atoms with Crippen LogP contribution in [0.4, 0.5) is 5.69 Å². The van der Waals surface area contributed by atoms with Crippen molar-refractivity contribution in [3.05, 3.63) is 64.7 Å². The van der Waals surface area contributed by atoms with Crippen LogP contribution in [-0.4, -0.2) is 22.1 Å². The number of rotatable bonds is 6. The lowest BCUT2D eigenvalue weighted by molar-refractivity contribution is 0.414. The van der Waals surface area contributed by atoms with E-state index in [1.54, 1.807) is 25.1 Å². The first-order valence-corrected chi connectivity index (χ1v) is 9.24. The zero-order valence-electron chi connectivity index (χ0n) is 13.3. The molecule has 2 aromatic carbocycles. The molecule has 0 aromatic heterocycles. The van der Waals surface area contributed by atoms with Crippen molar-refractivity contribution in [1.82, 2.24) is 0 Å². The second-order valence-corrected chi connectivity index (χ2v) is 7.76. The van der Waals surface area contributed by atoms with Gasteiger partial charge in [0.05, 0.1) is 29.3 Å². The molecule has 0 aliphatic carbocycles. The average Bonchev–Trinajstić information content (AvgIpc) is 2.53. The summed E-state index contributed by atoms with van der Waals surface area (Å²) >= 11 is 12.0. The van der Waals surface area contributed by atoms with Gasteiger partial charge in [0.2, 0.25) is 0 Å². The zero-order valence-corrected chi connectivity index (χ0v) is 15.6. The number of anilines is 1. The number of ether oxygens (including phenoxy) is 1. The SMILES string of the molecule is C=CCN(c1ccc(Cl)cc1C)S(=O)(=O)c1ccc(OC)c(Cl)c1. The molecule has 128 valence electrons. The number of benzene rings is 2. The molecule has 4 nitrogen and oxygen atoms in total. The van der Waals surface area contributed by atoms with Crippen LogP contribution in [0.25, 0.3) is 0 Å². The number of nitrogens with zero attached hydrogens (tertiary/aromatic N) is 1. The number of methoxy groups -OCH3 is 1. The summed E-state index contributed by atoms with van der Waals surface area (Å²) in [5.74, 6) is 0.411. The summed E-state index contributed by atoms with van der Waals surface area (Å²) in [6.45, 7) is 5.57. The first-order valence-electron chi connectivity index (χ1n) is 7.04. The van der Waals surface area contributed by atoms with Crippen molar-refractivity contribution in [1.29, 1.82) is 0 Å². The van der Waals surface area contributed by atoms with Gasteiger partial charge in [-0.25, -0.2) is 8.42 Å². The second-order valence-electron chi connectivity index (χ2n) is 5.05. The van der Waals surface area contributed by atoms with Gasteiger partial charge in [-0.1, -0.05) is 29.3 Å². The fourth-order valence-electron chi connectivity index (χ4n) is 2.28. The molecular formula is C17H17Cl2NO3S. The van der Waals surface area contributed by atoms with Gasteiger partial charge in [0.15, 0.2) is 0 Å². The molecule has 0 aliphatic heterocycles. The Kier molecular flexibility index (Phi) is 5.80. The van der Waals surface area contributed by atoms with Crippen molar-refractivity contribution in [2.24, 2.45) is 0 Å². The average molecular weight is 386 g/mol.